The van der Waals surface area contributed by atoms with Gasteiger partial charge in [-0.15, -0.1) is 10.2 Å². The third kappa shape index (κ3) is 7.41. The van der Waals surface area contributed by atoms with Gasteiger partial charge < -0.3 is 10.6 Å². The summed E-state index contributed by atoms with van der Waals surface area (Å²) in [6, 6.07) is 15.0. The fourth-order valence-electron chi connectivity index (χ4n) is 3.64. The van der Waals surface area contributed by atoms with Crippen molar-refractivity contribution in [2.24, 2.45) is 0 Å². The fourth-order valence-corrected chi connectivity index (χ4v) is 4.58. The molecule has 0 saturated carbocycles. The van der Waals surface area contributed by atoms with Crippen LogP contribution >= 0.6 is 23.4 Å². The Morgan fingerprint density at radius 3 is 2.46 bits per heavy atom. The number of rotatable bonds is 9. The second kappa shape index (κ2) is 12.4. The van der Waals surface area contributed by atoms with Crippen molar-refractivity contribution in [2.75, 3.05) is 11.1 Å². The molecule has 0 aliphatic heterocycles. The monoisotopic (exact) mass is 604 g/mol. The van der Waals surface area contributed by atoms with Crippen molar-refractivity contribution in [3.63, 3.8) is 0 Å². The highest BCUT2D eigenvalue weighted by Crippen LogP contribution is 2.34. The maximum absolute atomic E-state index is 13.1. The largest absolute Gasteiger partial charge is 0.416 e. The Hall–Kier alpha value is -4.43. The minimum absolute atomic E-state index is 0.0506. The van der Waals surface area contributed by atoms with E-state index in [4.69, 9.17) is 11.6 Å². The third-order valence-corrected chi connectivity index (χ3v) is 6.87. The summed E-state index contributed by atoms with van der Waals surface area (Å²) in [5, 5.41) is 24.5. The van der Waals surface area contributed by atoms with Crippen molar-refractivity contribution >= 4 is 46.6 Å². The summed E-state index contributed by atoms with van der Waals surface area (Å²) in [5.41, 5.74) is 0.494. The summed E-state index contributed by atoms with van der Waals surface area (Å²) in [7, 11) is 0. The SMILES string of the molecule is Cc1cccc(-n2c(CNC(=O)c3ccc([N+](=O)[O-])cc3)nnc2SCC(=O)Nc2cc(C(F)(F)F)ccc2Cl)c1. The van der Waals surface area contributed by atoms with Crippen LogP contribution < -0.4 is 10.6 Å². The molecule has 0 bridgehead atoms. The first-order valence-electron chi connectivity index (χ1n) is 11.8. The number of nitro groups is 1. The van der Waals surface area contributed by atoms with Crippen LogP contribution in [0.2, 0.25) is 5.02 Å². The lowest BCUT2D eigenvalue weighted by molar-refractivity contribution is -0.384. The van der Waals surface area contributed by atoms with E-state index in [1.54, 1.807) is 16.7 Å². The van der Waals surface area contributed by atoms with Crippen molar-refractivity contribution in [3.8, 4) is 5.69 Å². The number of alkyl halides is 3. The molecule has 15 heteroatoms. The predicted octanol–water partition coefficient (Wildman–Crippen LogP) is 5.82. The van der Waals surface area contributed by atoms with Crippen LogP contribution in [0.3, 0.4) is 0 Å². The number of thioether (sulfide) groups is 1. The Balaban J connectivity index is 1.50. The fraction of sp³-hybridized carbons (Fsp3) is 0.154. The molecule has 1 aromatic heterocycles. The van der Waals surface area contributed by atoms with Gasteiger partial charge in [-0.3, -0.25) is 24.3 Å². The second-order valence-corrected chi connectivity index (χ2v) is 9.94. The van der Waals surface area contributed by atoms with Gasteiger partial charge in [0.15, 0.2) is 11.0 Å². The summed E-state index contributed by atoms with van der Waals surface area (Å²) in [6.45, 7) is 1.81. The summed E-state index contributed by atoms with van der Waals surface area (Å²) in [5.74, 6) is -1.02. The van der Waals surface area contributed by atoms with Gasteiger partial charge in [-0.05, 0) is 55.0 Å². The quantitative estimate of drug-likeness (QED) is 0.140. The minimum Gasteiger partial charge on any atom is -0.345 e. The zero-order chi connectivity index (χ0) is 29.7. The number of hydrogen-bond acceptors (Lipinski definition) is 7. The van der Waals surface area contributed by atoms with E-state index in [2.05, 4.69) is 20.8 Å². The van der Waals surface area contributed by atoms with E-state index in [0.717, 1.165) is 35.5 Å². The molecule has 0 aliphatic rings. The highest BCUT2D eigenvalue weighted by Gasteiger charge is 2.31. The third-order valence-electron chi connectivity index (χ3n) is 5.61. The summed E-state index contributed by atoms with van der Waals surface area (Å²) in [6.07, 6.45) is -4.60. The topological polar surface area (TPSA) is 132 Å². The number of nitrogens with zero attached hydrogens (tertiary/aromatic N) is 4. The van der Waals surface area contributed by atoms with Gasteiger partial charge in [0.05, 0.1) is 33.5 Å². The number of aryl methyl sites for hydroxylation is 1. The maximum atomic E-state index is 13.1. The highest BCUT2D eigenvalue weighted by atomic mass is 35.5. The molecular formula is C26H20ClF3N6O4S. The Kier molecular flexibility index (Phi) is 8.93. The number of carbonyl (C=O) groups is 2. The predicted molar refractivity (Wildman–Crippen MR) is 146 cm³/mol. The molecule has 2 N–H and O–H groups in total. The van der Waals surface area contributed by atoms with E-state index in [1.807, 2.05) is 19.1 Å². The second-order valence-electron chi connectivity index (χ2n) is 8.59. The maximum Gasteiger partial charge on any atom is 0.416 e. The van der Waals surface area contributed by atoms with E-state index in [0.29, 0.717) is 16.7 Å². The Bertz CT molecular complexity index is 1610. The number of aromatic nitrogens is 3. The van der Waals surface area contributed by atoms with Gasteiger partial charge in [-0.25, -0.2) is 0 Å². The highest BCUT2D eigenvalue weighted by molar-refractivity contribution is 7.99. The van der Waals surface area contributed by atoms with Crippen LogP contribution in [-0.2, 0) is 17.5 Å². The number of carbonyl (C=O) groups excluding carboxylic acids is 2. The van der Waals surface area contributed by atoms with Crippen LogP contribution in [0, 0.1) is 17.0 Å². The smallest absolute Gasteiger partial charge is 0.345 e. The minimum atomic E-state index is -4.60. The van der Waals surface area contributed by atoms with Crippen molar-refractivity contribution < 1.29 is 27.7 Å². The standard InChI is InChI=1S/C26H20ClF3N6O4S/c1-15-3-2-4-19(11-15)35-22(13-31-24(38)16-5-8-18(9-6-16)36(39)40)33-34-25(35)41-14-23(37)32-21-12-17(26(28,29)30)7-10-20(21)27/h2-12H,13-14H2,1H3,(H,31,38)(H,32,37). The molecule has 212 valence electrons. The number of benzene rings is 3. The normalized spacial score (nSPS) is 11.2. The van der Waals surface area contributed by atoms with Gasteiger partial charge in [0.25, 0.3) is 11.6 Å². The number of halogens is 4. The molecule has 2 amide bonds. The molecule has 41 heavy (non-hydrogen) atoms. The molecular weight excluding hydrogens is 585 g/mol. The van der Waals surface area contributed by atoms with Crippen LogP contribution in [0.1, 0.15) is 27.3 Å². The molecule has 0 fully saturated rings. The molecule has 0 atom stereocenters. The van der Waals surface area contributed by atoms with Gasteiger partial charge in [-0.1, -0.05) is 35.5 Å². The number of amides is 2. The van der Waals surface area contributed by atoms with Crippen molar-refractivity contribution in [3.05, 3.63) is 104 Å². The van der Waals surface area contributed by atoms with Crippen LogP contribution in [0.5, 0.6) is 0 Å². The molecule has 0 radical (unpaired) electrons. The first-order valence-corrected chi connectivity index (χ1v) is 13.1. The van der Waals surface area contributed by atoms with Gasteiger partial charge in [0.1, 0.15) is 0 Å². The van der Waals surface area contributed by atoms with E-state index >= 15 is 0 Å². The van der Waals surface area contributed by atoms with E-state index in [1.165, 1.54) is 24.3 Å². The lowest BCUT2D eigenvalue weighted by Gasteiger charge is -2.13. The van der Waals surface area contributed by atoms with Gasteiger partial charge >= 0.3 is 6.18 Å². The van der Waals surface area contributed by atoms with Gasteiger partial charge in [0, 0.05) is 23.4 Å². The van der Waals surface area contributed by atoms with Gasteiger partial charge in [0.2, 0.25) is 5.91 Å². The van der Waals surface area contributed by atoms with E-state index < -0.39 is 28.5 Å². The first kappa shape index (κ1) is 29.6. The molecule has 3 aromatic carbocycles. The summed E-state index contributed by atoms with van der Waals surface area (Å²) >= 11 is 6.96. The summed E-state index contributed by atoms with van der Waals surface area (Å²) in [4.78, 5) is 35.5. The van der Waals surface area contributed by atoms with Crippen molar-refractivity contribution in [2.45, 2.75) is 24.8 Å². The number of anilines is 1. The molecule has 0 aliphatic carbocycles. The molecule has 4 rings (SSSR count). The van der Waals surface area contributed by atoms with Crippen molar-refractivity contribution in [1.82, 2.24) is 20.1 Å². The molecule has 0 saturated heterocycles. The van der Waals surface area contributed by atoms with Crippen LogP contribution in [0.25, 0.3) is 5.69 Å². The molecule has 4 aromatic rings. The lowest BCUT2D eigenvalue weighted by Crippen LogP contribution is -2.24. The number of hydrogen-bond donors (Lipinski definition) is 2. The van der Waals surface area contributed by atoms with Gasteiger partial charge in [-0.2, -0.15) is 13.2 Å². The zero-order valence-corrected chi connectivity index (χ0v) is 22.7. The molecule has 1 heterocycles. The summed E-state index contributed by atoms with van der Waals surface area (Å²) < 4.78 is 40.8. The Morgan fingerprint density at radius 2 is 1.80 bits per heavy atom. The Labute approximate surface area is 240 Å². The van der Waals surface area contributed by atoms with Crippen LogP contribution in [0.15, 0.2) is 71.9 Å². The average Bonchev–Trinajstić information content (AvgIpc) is 3.34. The van der Waals surface area contributed by atoms with E-state index in [9.17, 15) is 32.9 Å². The average molecular weight is 605 g/mol. The van der Waals surface area contributed by atoms with Crippen LogP contribution in [-0.4, -0.2) is 37.3 Å². The number of non-ortho nitro benzene ring substituents is 1. The zero-order valence-electron chi connectivity index (χ0n) is 21.1. The first-order chi connectivity index (χ1) is 19.4. The molecule has 10 nitrogen and oxygen atoms in total. The Morgan fingerprint density at radius 1 is 1.07 bits per heavy atom. The van der Waals surface area contributed by atoms with E-state index in [-0.39, 0.29) is 34.3 Å². The molecule has 0 unspecified atom stereocenters. The number of nitro benzene ring substituents is 1. The number of nitrogens with one attached hydrogen (secondary N) is 2. The van der Waals surface area contributed by atoms with Crippen LogP contribution in [0.4, 0.5) is 24.5 Å². The lowest BCUT2D eigenvalue weighted by atomic mass is 10.2. The molecule has 0 spiro atoms. The van der Waals surface area contributed by atoms with Crippen molar-refractivity contribution in [1.29, 1.82) is 0 Å².